The lowest BCUT2D eigenvalue weighted by atomic mass is 10.1. The van der Waals surface area contributed by atoms with Crippen molar-refractivity contribution in [3.05, 3.63) is 22.4 Å². The largest absolute Gasteiger partial charge is 0.444 e. The van der Waals surface area contributed by atoms with Gasteiger partial charge in [0.15, 0.2) is 0 Å². The smallest absolute Gasteiger partial charge is 0.410 e. The van der Waals surface area contributed by atoms with Gasteiger partial charge in [-0.1, -0.05) is 6.07 Å². The van der Waals surface area contributed by atoms with Gasteiger partial charge in [-0.25, -0.2) is 4.79 Å². The maximum Gasteiger partial charge on any atom is 0.410 e. The first-order valence-corrected chi connectivity index (χ1v) is 8.66. The highest BCUT2D eigenvalue weighted by Gasteiger charge is 2.30. The second kappa shape index (κ2) is 7.47. The minimum atomic E-state index is -0.474. The van der Waals surface area contributed by atoms with E-state index < -0.39 is 5.60 Å². The van der Waals surface area contributed by atoms with E-state index in [-0.39, 0.29) is 11.6 Å². The Hall–Kier alpha value is -1.07. The van der Waals surface area contributed by atoms with E-state index in [4.69, 9.17) is 4.74 Å². The number of carbonyl (C=O) groups is 1. The molecule has 1 unspecified atom stereocenters. The van der Waals surface area contributed by atoms with Gasteiger partial charge in [-0.3, -0.25) is 0 Å². The number of nitrogens with zero attached hydrogens (tertiary/aromatic N) is 1. The lowest BCUT2D eigenvalue weighted by Gasteiger charge is -2.37. The number of thiophene rings is 1. The molecule has 1 amide bonds. The van der Waals surface area contributed by atoms with Crippen molar-refractivity contribution in [3.63, 3.8) is 0 Å². The van der Waals surface area contributed by atoms with Crippen LogP contribution < -0.4 is 5.32 Å². The Bertz CT molecular complexity index is 458. The van der Waals surface area contributed by atoms with Crippen molar-refractivity contribution in [2.75, 3.05) is 13.1 Å². The molecule has 0 fully saturated rings. The SMILES string of the molecule is CC(NCCN(C(=O)OC(C)(C)C)C(C)(C)C)c1cccs1. The van der Waals surface area contributed by atoms with E-state index in [1.807, 2.05) is 41.5 Å². The average molecular weight is 327 g/mol. The van der Waals surface area contributed by atoms with E-state index in [1.54, 1.807) is 16.2 Å². The van der Waals surface area contributed by atoms with Gasteiger partial charge in [0.2, 0.25) is 0 Å². The average Bonchev–Trinajstić information content (AvgIpc) is 2.83. The molecule has 1 atom stereocenters. The number of carbonyl (C=O) groups excluding carboxylic acids is 1. The second-order valence-electron chi connectivity index (χ2n) is 7.49. The highest BCUT2D eigenvalue weighted by Crippen LogP contribution is 2.20. The Morgan fingerprint density at radius 2 is 1.95 bits per heavy atom. The number of hydrogen-bond donors (Lipinski definition) is 1. The van der Waals surface area contributed by atoms with E-state index in [9.17, 15) is 4.79 Å². The van der Waals surface area contributed by atoms with Crippen LogP contribution in [-0.2, 0) is 4.74 Å². The van der Waals surface area contributed by atoms with Crippen molar-refractivity contribution in [2.24, 2.45) is 0 Å². The number of amides is 1. The van der Waals surface area contributed by atoms with Crippen LogP contribution in [0.1, 0.15) is 59.4 Å². The van der Waals surface area contributed by atoms with Crippen molar-refractivity contribution in [3.8, 4) is 0 Å². The van der Waals surface area contributed by atoms with Crippen molar-refractivity contribution >= 4 is 17.4 Å². The summed E-state index contributed by atoms with van der Waals surface area (Å²) in [4.78, 5) is 15.5. The van der Waals surface area contributed by atoms with Crippen LogP contribution in [0, 0.1) is 0 Å². The van der Waals surface area contributed by atoms with Crippen LogP contribution in [0.3, 0.4) is 0 Å². The Morgan fingerprint density at radius 3 is 2.41 bits per heavy atom. The zero-order valence-electron chi connectivity index (χ0n) is 14.9. The quantitative estimate of drug-likeness (QED) is 0.870. The molecule has 1 heterocycles. The first-order valence-electron chi connectivity index (χ1n) is 7.78. The van der Waals surface area contributed by atoms with Crippen LogP contribution in [0.4, 0.5) is 4.79 Å². The van der Waals surface area contributed by atoms with Crippen LogP contribution in [0.25, 0.3) is 0 Å². The molecule has 0 aliphatic carbocycles. The van der Waals surface area contributed by atoms with Gasteiger partial charge in [-0.2, -0.15) is 0 Å². The third-order valence-corrected chi connectivity index (χ3v) is 4.23. The molecule has 5 heteroatoms. The normalized spacial score (nSPS) is 13.8. The monoisotopic (exact) mass is 326 g/mol. The molecule has 0 radical (unpaired) electrons. The Morgan fingerprint density at radius 1 is 1.32 bits per heavy atom. The van der Waals surface area contributed by atoms with Gasteiger partial charge in [-0.15, -0.1) is 11.3 Å². The summed E-state index contributed by atoms with van der Waals surface area (Å²) >= 11 is 1.74. The topological polar surface area (TPSA) is 41.6 Å². The molecule has 0 spiro atoms. The minimum absolute atomic E-state index is 0.259. The molecule has 0 saturated heterocycles. The molecule has 0 aliphatic heterocycles. The number of rotatable bonds is 5. The lowest BCUT2D eigenvalue weighted by molar-refractivity contribution is 0.00650. The molecule has 0 saturated carbocycles. The lowest BCUT2D eigenvalue weighted by Crippen LogP contribution is -2.50. The van der Waals surface area contributed by atoms with Crippen molar-refractivity contribution < 1.29 is 9.53 Å². The first-order chi connectivity index (χ1) is 10.0. The predicted octanol–water partition coefficient (Wildman–Crippen LogP) is 4.43. The van der Waals surface area contributed by atoms with Gasteiger partial charge >= 0.3 is 6.09 Å². The summed E-state index contributed by atoms with van der Waals surface area (Å²) in [6, 6.07) is 4.47. The third-order valence-electron chi connectivity index (χ3n) is 3.18. The van der Waals surface area contributed by atoms with Crippen molar-refractivity contribution in [1.29, 1.82) is 0 Å². The molecule has 0 aromatic carbocycles. The van der Waals surface area contributed by atoms with Gasteiger partial charge in [0.25, 0.3) is 0 Å². The summed E-state index contributed by atoms with van der Waals surface area (Å²) in [5.41, 5.74) is -0.742. The van der Waals surface area contributed by atoms with Gasteiger partial charge < -0.3 is 15.0 Å². The summed E-state index contributed by atoms with van der Waals surface area (Å²) < 4.78 is 5.52. The fraction of sp³-hybridized carbons (Fsp3) is 0.706. The summed E-state index contributed by atoms with van der Waals surface area (Å²) in [6.07, 6.45) is -0.259. The summed E-state index contributed by atoms with van der Waals surface area (Å²) in [7, 11) is 0. The maximum absolute atomic E-state index is 12.4. The van der Waals surface area contributed by atoms with Crippen LogP contribution in [0.15, 0.2) is 17.5 Å². The Labute approximate surface area is 138 Å². The van der Waals surface area contributed by atoms with Gasteiger partial charge in [-0.05, 0) is 59.9 Å². The van der Waals surface area contributed by atoms with E-state index in [1.165, 1.54) is 4.88 Å². The molecule has 126 valence electrons. The molecular weight excluding hydrogens is 296 g/mol. The standard InChI is InChI=1S/C17H30N2O2S/c1-13(14-9-8-12-22-14)18-10-11-19(16(2,3)4)15(20)21-17(5,6)7/h8-9,12-13,18H,10-11H2,1-7H3. The number of nitrogens with one attached hydrogen (secondary N) is 1. The molecule has 1 aromatic rings. The van der Waals surface area contributed by atoms with Gasteiger partial charge in [0, 0.05) is 29.5 Å². The minimum Gasteiger partial charge on any atom is -0.444 e. The van der Waals surface area contributed by atoms with E-state index >= 15 is 0 Å². The molecule has 0 aliphatic rings. The first kappa shape index (κ1) is 19.0. The summed E-state index contributed by atoms with van der Waals surface area (Å²) in [5, 5.41) is 5.55. The fourth-order valence-corrected chi connectivity index (χ4v) is 2.81. The molecule has 1 N–H and O–H groups in total. The van der Waals surface area contributed by atoms with E-state index in [0.29, 0.717) is 12.6 Å². The van der Waals surface area contributed by atoms with Crippen molar-refractivity contribution in [2.45, 2.75) is 65.6 Å². The van der Waals surface area contributed by atoms with Gasteiger partial charge in [0.1, 0.15) is 5.60 Å². The van der Waals surface area contributed by atoms with Crippen LogP contribution in [0.5, 0.6) is 0 Å². The third kappa shape index (κ3) is 6.36. The number of hydrogen-bond acceptors (Lipinski definition) is 4. The van der Waals surface area contributed by atoms with E-state index in [2.05, 4.69) is 29.8 Å². The fourth-order valence-electron chi connectivity index (χ4n) is 2.05. The molecule has 0 bridgehead atoms. The van der Waals surface area contributed by atoms with Crippen LogP contribution >= 0.6 is 11.3 Å². The molecule has 1 rings (SSSR count). The Kier molecular flexibility index (Phi) is 6.44. The summed E-state index contributed by atoms with van der Waals surface area (Å²) in [5.74, 6) is 0. The van der Waals surface area contributed by atoms with E-state index in [0.717, 1.165) is 6.54 Å². The molecular formula is C17H30N2O2S. The van der Waals surface area contributed by atoms with Crippen LogP contribution in [0.2, 0.25) is 0 Å². The highest BCUT2D eigenvalue weighted by molar-refractivity contribution is 7.10. The number of ether oxygens (including phenoxy) is 1. The molecule has 22 heavy (non-hydrogen) atoms. The maximum atomic E-state index is 12.4. The summed E-state index contributed by atoms with van der Waals surface area (Å²) in [6.45, 7) is 15.2. The molecule has 4 nitrogen and oxygen atoms in total. The molecule has 1 aromatic heterocycles. The zero-order valence-corrected chi connectivity index (χ0v) is 15.7. The zero-order chi connectivity index (χ0) is 17.0. The Balaban J connectivity index is 2.57. The predicted molar refractivity (Wildman–Crippen MR) is 93.4 cm³/mol. The van der Waals surface area contributed by atoms with Crippen molar-refractivity contribution in [1.82, 2.24) is 10.2 Å². The van der Waals surface area contributed by atoms with Crippen LogP contribution in [-0.4, -0.2) is 35.2 Å². The second-order valence-corrected chi connectivity index (χ2v) is 8.47. The highest BCUT2D eigenvalue weighted by atomic mass is 32.1. The van der Waals surface area contributed by atoms with Gasteiger partial charge in [0.05, 0.1) is 0 Å².